The van der Waals surface area contributed by atoms with E-state index in [9.17, 15) is 29.0 Å². The molecule has 0 saturated carbocycles. The van der Waals surface area contributed by atoms with E-state index in [2.05, 4.69) is 18.6 Å². The zero-order chi connectivity index (χ0) is 23.5. The molecule has 1 saturated heterocycles. The van der Waals surface area contributed by atoms with Crippen LogP contribution in [0.4, 0.5) is 4.39 Å². The van der Waals surface area contributed by atoms with E-state index in [-0.39, 0.29) is 14.8 Å². The fraction of sp³-hybridized carbons (Fsp3) is 0.600. The van der Waals surface area contributed by atoms with Gasteiger partial charge >= 0.3 is 21.3 Å². The molecule has 0 bridgehead atoms. The molecule has 0 spiro atoms. The summed E-state index contributed by atoms with van der Waals surface area (Å²) in [5.74, 6) is -4.31. The van der Waals surface area contributed by atoms with Crippen LogP contribution in [0.5, 0.6) is 0 Å². The van der Waals surface area contributed by atoms with E-state index >= 15 is 4.39 Å². The highest BCUT2D eigenvalue weighted by Crippen LogP contribution is 2.58. The Balaban J connectivity index is 2.51. The van der Waals surface area contributed by atoms with Crippen molar-refractivity contribution in [2.45, 2.75) is 31.2 Å². The van der Waals surface area contributed by atoms with E-state index in [0.717, 1.165) is 6.20 Å². The molecule has 1 aromatic heterocycles. The van der Waals surface area contributed by atoms with Crippen LogP contribution in [0.2, 0.25) is 0 Å². The first kappa shape index (κ1) is 18.2. The van der Waals surface area contributed by atoms with Gasteiger partial charge in [-0.15, -0.1) is 0 Å². The van der Waals surface area contributed by atoms with Gasteiger partial charge in [0.2, 0.25) is 0 Å². The van der Waals surface area contributed by atoms with E-state index < -0.39 is 52.2 Å². The first-order valence-corrected chi connectivity index (χ1v) is 10.1. The Morgan fingerprint density at radius 3 is 2.67 bits per heavy atom. The van der Waals surface area contributed by atoms with E-state index in [1.54, 1.807) is 0 Å². The number of phosphoric acid groups is 2. The standard InChI is InChI=1S/C10H15FN2O11P2S/c1-4-2-13(9(16)12-7(4)27)8-5(14)6(15)10(11,23-8)3-22-26(20,21)24-25(17,18)19/h2,5-6,8,14-15H,3H2,1H3,(H,20,21)(H,12,16,27)(H2,17,18,19)/t5-,6+,8-,10-/m1/s1/i3D2,8D. The molecule has 6 N–H and O–H groups in total. The zero-order valence-electron chi connectivity index (χ0n) is 16.0. The molecule has 1 unspecified atom stereocenters. The third-order valence-corrected chi connectivity index (χ3v) is 5.48. The van der Waals surface area contributed by atoms with E-state index in [0.29, 0.717) is 0 Å². The summed E-state index contributed by atoms with van der Waals surface area (Å²) in [4.78, 5) is 40.5. The van der Waals surface area contributed by atoms with Crippen LogP contribution >= 0.6 is 27.9 Å². The lowest BCUT2D eigenvalue weighted by atomic mass is 10.1. The maximum Gasteiger partial charge on any atom is 0.481 e. The average molecular weight is 455 g/mol. The first-order valence-electron chi connectivity index (χ1n) is 8.14. The van der Waals surface area contributed by atoms with Crippen LogP contribution in [0.3, 0.4) is 0 Å². The second-order valence-electron chi connectivity index (χ2n) is 5.15. The number of phosphoric ester groups is 1. The van der Waals surface area contributed by atoms with Crippen molar-refractivity contribution in [1.82, 2.24) is 9.55 Å². The maximum absolute atomic E-state index is 15.3. The second-order valence-corrected chi connectivity index (χ2v) is 8.31. The fourth-order valence-corrected chi connectivity index (χ4v) is 3.47. The molecule has 5 atom stereocenters. The number of alkyl halides is 1. The summed E-state index contributed by atoms with van der Waals surface area (Å²) in [7, 11) is -11.7. The van der Waals surface area contributed by atoms with Gasteiger partial charge in [-0.25, -0.2) is 18.3 Å². The average Bonchev–Trinajstić information content (AvgIpc) is 2.70. The lowest BCUT2D eigenvalue weighted by molar-refractivity contribution is -0.205. The molecule has 0 aliphatic carbocycles. The molecule has 0 radical (unpaired) electrons. The molecule has 0 amide bonds. The van der Waals surface area contributed by atoms with Gasteiger partial charge in [0.1, 0.15) is 23.4 Å². The molecule has 13 nitrogen and oxygen atoms in total. The monoisotopic (exact) mass is 455 g/mol. The Bertz CT molecular complexity index is 1060. The van der Waals surface area contributed by atoms with Crippen molar-refractivity contribution >= 4 is 27.9 Å². The Morgan fingerprint density at radius 1 is 1.52 bits per heavy atom. The first-order chi connectivity index (χ1) is 13.3. The molecule has 17 heteroatoms. The van der Waals surface area contributed by atoms with E-state index in [4.69, 9.17) is 26.1 Å². The maximum atomic E-state index is 15.3. The zero-order valence-corrected chi connectivity index (χ0v) is 15.7. The second kappa shape index (κ2) is 7.54. The molecule has 27 heavy (non-hydrogen) atoms. The lowest BCUT2D eigenvalue weighted by Gasteiger charge is -2.23. The van der Waals surface area contributed by atoms with Crippen LogP contribution in [-0.2, 0) is 22.7 Å². The van der Waals surface area contributed by atoms with Crippen molar-refractivity contribution in [3.63, 3.8) is 0 Å². The summed E-state index contributed by atoms with van der Waals surface area (Å²) in [6.07, 6.45) is -8.09. The molecular formula is C10H15FN2O11P2S. The van der Waals surface area contributed by atoms with Gasteiger partial charge in [0, 0.05) is 11.8 Å². The molecule has 154 valence electrons. The third-order valence-electron chi connectivity index (χ3n) is 3.05. The van der Waals surface area contributed by atoms with Crippen molar-refractivity contribution in [3.05, 3.63) is 26.9 Å². The lowest BCUT2D eigenvalue weighted by Crippen LogP contribution is -2.43. The highest BCUT2D eigenvalue weighted by atomic mass is 32.1. The smallest absolute Gasteiger partial charge is 0.385 e. The number of aliphatic hydroxyl groups is 2. The topological polar surface area (TPSA) is 201 Å². The van der Waals surface area contributed by atoms with Gasteiger partial charge < -0.3 is 29.6 Å². The Kier molecular flexibility index (Phi) is 5.08. The summed E-state index contributed by atoms with van der Waals surface area (Å²) < 4.78 is 72.4. The summed E-state index contributed by atoms with van der Waals surface area (Å²) in [5.41, 5.74) is -1.10. The van der Waals surface area contributed by atoms with Gasteiger partial charge in [0.25, 0.3) is 5.85 Å². The minimum absolute atomic E-state index is 0.0890. The van der Waals surface area contributed by atoms with Crippen LogP contribution in [-0.4, -0.2) is 59.1 Å². The number of nitrogens with zero attached hydrogens (tertiary/aromatic N) is 1. The summed E-state index contributed by atoms with van der Waals surface area (Å²) in [6.45, 7) is -2.90. The number of halogens is 1. The predicted octanol–water partition coefficient (Wildman–Crippen LogP) is -0.643. The summed E-state index contributed by atoms with van der Waals surface area (Å²) in [6, 6.07) is 0. The molecule has 1 aliphatic heterocycles. The molecule has 2 rings (SSSR count). The van der Waals surface area contributed by atoms with Crippen LogP contribution in [0.1, 0.15) is 15.9 Å². The molecule has 2 heterocycles. The highest BCUT2D eigenvalue weighted by Gasteiger charge is 2.57. The normalized spacial score (nSPS) is 35.9. The largest absolute Gasteiger partial charge is 0.481 e. The van der Waals surface area contributed by atoms with Crippen molar-refractivity contribution < 1.29 is 56.1 Å². The van der Waals surface area contributed by atoms with Crippen molar-refractivity contribution in [2.24, 2.45) is 0 Å². The van der Waals surface area contributed by atoms with Gasteiger partial charge in [-0.3, -0.25) is 14.1 Å². The van der Waals surface area contributed by atoms with Crippen molar-refractivity contribution in [3.8, 4) is 0 Å². The van der Waals surface area contributed by atoms with Crippen LogP contribution in [0, 0.1) is 11.6 Å². The number of aliphatic hydroxyl groups excluding tert-OH is 2. The SMILES string of the molecule is [2H]C([2H])(OP(=O)(O)OP(=O)(O)O)[C@@]1(F)O[C@@]([2H])(n2cc(C)c(=S)[nH]c2=O)[C@H](O)[C@@H]1O. The highest BCUT2D eigenvalue weighted by molar-refractivity contribution is 7.71. The number of aromatic amines is 1. The molecular weight excluding hydrogens is 437 g/mol. The number of aromatic nitrogens is 2. The Labute approximate surface area is 159 Å². The predicted molar refractivity (Wildman–Crippen MR) is 85.5 cm³/mol. The van der Waals surface area contributed by atoms with Crippen LogP contribution in [0.15, 0.2) is 11.0 Å². The summed E-state index contributed by atoms with van der Waals surface area (Å²) in [5, 5.41) is 20.1. The number of H-pyrrole nitrogens is 1. The number of nitrogens with one attached hydrogen (secondary N) is 1. The summed E-state index contributed by atoms with van der Waals surface area (Å²) >= 11 is 4.80. The molecule has 1 fully saturated rings. The van der Waals surface area contributed by atoms with Gasteiger partial charge in [-0.05, 0) is 6.92 Å². The van der Waals surface area contributed by atoms with Gasteiger partial charge in [-0.1, -0.05) is 12.2 Å². The number of ether oxygens (including phenoxy) is 1. The van der Waals surface area contributed by atoms with Gasteiger partial charge in [0.05, 0.1) is 4.11 Å². The number of aryl methyl sites for hydroxylation is 1. The van der Waals surface area contributed by atoms with Crippen LogP contribution in [0.25, 0.3) is 0 Å². The number of hydrogen-bond donors (Lipinski definition) is 6. The van der Waals surface area contributed by atoms with E-state index in [1.807, 2.05) is 0 Å². The molecule has 0 aromatic carbocycles. The Morgan fingerprint density at radius 2 is 2.11 bits per heavy atom. The minimum atomic E-state index is -6.02. The van der Waals surface area contributed by atoms with Gasteiger partial charge in [0.15, 0.2) is 6.20 Å². The van der Waals surface area contributed by atoms with Crippen LogP contribution < -0.4 is 5.69 Å². The Hall–Kier alpha value is -0.830. The van der Waals surface area contributed by atoms with Crippen molar-refractivity contribution in [2.75, 3.05) is 6.56 Å². The molecule has 1 aromatic rings. The molecule has 1 aliphatic rings. The number of rotatable bonds is 6. The quantitative estimate of drug-likeness (QED) is 0.234. The fourth-order valence-electron chi connectivity index (χ4n) is 1.89. The van der Waals surface area contributed by atoms with E-state index in [1.165, 1.54) is 6.92 Å². The minimum Gasteiger partial charge on any atom is -0.385 e. The third kappa shape index (κ3) is 5.16. The number of hydrogen-bond acceptors (Lipinski definition) is 9. The van der Waals surface area contributed by atoms with Crippen molar-refractivity contribution in [1.29, 1.82) is 0 Å². The van der Waals surface area contributed by atoms with Gasteiger partial charge in [-0.2, -0.15) is 4.31 Å².